The van der Waals surface area contributed by atoms with Crippen molar-refractivity contribution in [2.45, 2.75) is 43.5 Å². The number of hydrogen-bond donors (Lipinski definition) is 0. The Hall–Kier alpha value is -1.85. The molecule has 4 nitrogen and oxygen atoms in total. The molecule has 3 rings (SSSR count). The van der Waals surface area contributed by atoms with E-state index in [2.05, 4.69) is 20.8 Å². The van der Waals surface area contributed by atoms with Gasteiger partial charge in [0.05, 0.1) is 10.6 Å². The van der Waals surface area contributed by atoms with Gasteiger partial charge in [0, 0.05) is 6.42 Å². The molecule has 0 saturated carbocycles. The molecule has 0 unspecified atom stereocenters. The Labute approximate surface area is 153 Å². The van der Waals surface area contributed by atoms with Crippen molar-refractivity contribution in [3.8, 4) is 0 Å². The predicted octanol–water partition coefficient (Wildman–Crippen LogP) is 3.87. The van der Waals surface area contributed by atoms with E-state index in [1.807, 2.05) is 24.3 Å². The number of para-hydroxylation sites is 1. The Morgan fingerprint density at radius 2 is 1.68 bits per heavy atom. The molecule has 1 aliphatic heterocycles. The van der Waals surface area contributed by atoms with Crippen molar-refractivity contribution in [2.75, 3.05) is 4.31 Å². The maximum Gasteiger partial charge on any atom is 0.265 e. The molecule has 0 N–H and O–H groups in total. The number of benzene rings is 2. The number of halogens is 1. The number of carbonyl (C=O) groups excluding carboxylic acids is 1. The molecule has 0 saturated heterocycles. The zero-order valence-electron chi connectivity index (χ0n) is 14.4. The van der Waals surface area contributed by atoms with Gasteiger partial charge in [0.1, 0.15) is 6.04 Å². The predicted molar refractivity (Wildman–Crippen MR) is 99.6 cm³/mol. The Kier molecular flexibility index (Phi) is 4.41. The summed E-state index contributed by atoms with van der Waals surface area (Å²) in [7, 11) is -3.88. The minimum absolute atomic E-state index is 0.0722. The second-order valence-electron chi connectivity index (χ2n) is 7.23. The number of rotatable bonds is 3. The standard InChI is InChI=1S/C19H20ClNO3S/c1-19(2,3)14-8-10-15(11-9-14)25(23,24)21-16-7-5-4-6-13(16)12-17(21)18(20)22/h4-11,17H,12H2,1-3H3/t17-/m0/s1. The van der Waals surface area contributed by atoms with Crippen molar-refractivity contribution in [3.05, 3.63) is 59.7 Å². The average Bonchev–Trinajstić information content (AvgIpc) is 2.94. The van der Waals surface area contributed by atoms with Crippen molar-refractivity contribution in [1.82, 2.24) is 0 Å². The lowest BCUT2D eigenvalue weighted by atomic mass is 9.87. The van der Waals surface area contributed by atoms with Gasteiger partial charge in [-0.25, -0.2) is 8.42 Å². The van der Waals surface area contributed by atoms with E-state index < -0.39 is 21.3 Å². The fourth-order valence-electron chi connectivity index (χ4n) is 3.07. The van der Waals surface area contributed by atoms with E-state index in [9.17, 15) is 13.2 Å². The lowest BCUT2D eigenvalue weighted by molar-refractivity contribution is -0.112. The van der Waals surface area contributed by atoms with Crippen LogP contribution in [0.25, 0.3) is 0 Å². The first-order valence-corrected chi connectivity index (χ1v) is 9.86. The van der Waals surface area contributed by atoms with Gasteiger partial charge in [-0.2, -0.15) is 0 Å². The molecule has 0 amide bonds. The summed E-state index contributed by atoms with van der Waals surface area (Å²) in [6.45, 7) is 6.19. The molecular weight excluding hydrogens is 358 g/mol. The van der Waals surface area contributed by atoms with Crippen LogP contribution in [0.2, 0.25) is 0 Å². The number of nitrogens with zero attached hydrogens (tertiary/aromatic N) is 1. The summed E-state index contributed by atoms with van der Waals surface area (Å²) in [5.41, 5.74) is 2.29. The van der Waals surface area contributed by atoms with E-state index in [1.54, 1.807) is 24.3 Å². The summed E-state index contributed by atoms with van der Waals surface area (Å²) < 4.78 is 27.5. The smallest absolute Gasteiger partial charge is 0.265 e. The van der Waals surface area contributed by atoms with Crippen LogP contribution in [0.1, 0.15) is 31.9 Å². The summed E-state index contributed by atoms with van der Waals surface area (Å²) in [6.07, 6.45) is 0.289. The molecule has 2 aromatic rings. The minimum Gasteiger partial charge on any atom is -0.279 e. The molecule has 0 radical (unpaired) electrons. The lowest BCUT2D eigenvalue weighted by Gasteiger charge is -2.25. The van der Waals surface area contributed by atoms with Gasteiger partial charge in [0.15, 0.2) is 0 Å². The average molecular weight is 378 g/mol. The first-order valence-electron chi connectivity index (χ1n) is 8.04. The van der Waals surface area contributed by atoms with Crippen molar-refractivity contribution >= 4 is 32.6 Å². The zero-order chi connectivity index (χ0) is 18.4. The van der Waals surface area contributed by atoms with Crippen molar-refractivity contribution in [3.63, 3.8) is 0 Å². The van der Waals surface area contributed by atoms with Gasteiger partial charge < -0.3 is 0 Å². The molecule has 2 aromatic carbocycles. The van der Waals surface area contributed by atoms with Gasteiger partial charge in [-0.05, 0) is 46.3 Å². The molecule has 1 atom stereocenters. The number of anilines is 1. The van der Waals surface area contributed by atoms with Crippen LogP contribution in [0.5, 0.6) is 0 Å². The van der Waals surface area contributed by atoms with Crippen molar-refractivity contribution in [1.29, 1.82) is 0 Å². The highest BCUT2D eigenvalue weighted by molar-refractivity contribution is 7.93. The van der Waals surface area contributed by atoms with Crippen LogP contribution in [0.3, 0.4) is 0 Å². The highest BCUT2D eigenvalue weighted by Crippen LogP contribution is 2.37. The third kappa shape index (κ3) is 3.18. The van der Waals surface area contributed by atoms with Crippen LogP contribution >= 0.6 is 11.6 Å². The van der Waals surface area contributed by atoms with E-state index in [0.29, 0.717) is 5.69 Å². The summed E-state index contributed by atoms with van der Waals surface area (Å²) in [5, 5.41) is -0.675. The molecule has 25 heavy (non-hydrogen) atoms. The normalized spacial score (nSPS) is 17.4. The van der Waals surface area contributed by atoms with Gasteiger partial charge >= 0.3 is 0 Å². The van der Waals surface area contributed by atoms with Crippen LogP contribution < -0.4 is 4.31 Å². The fourth-order valence-corrected chi connectivity index (χ4v) is 4.95. The molecule has 132 valence electrons. The van der Waals surface area contributed by atoms with Crippen LogP contribution in [0.4, 0.5) is 5.69 Å². The Morgan fingerprint density at radius 3 is 2.24 bits per heavy atom. The molecule has 0 aliphatic carbocycles. The highest BCUT2D eigenvalue weighted by Gasteiger charge is 2.41. The van der Waals surface area contributed by atoms with Crippen LogP contribution in [-0.2, 0) is 26.7 Å². The van der Waals surface area contributed by atoms with E-state index in [4.69, 9.17) is 11.6 Å². The quantitative estimate of drug-likeness (QED) is 0.763. The molecule has 1 heterocycles. The number of sulfonamides is 1. The Morgan fingerprint density at radius 1 is 1.08 bits per heavy atom. The summed E-state index contributed by atoms with van der Waals surface area (Å²) in [5.74, 6) is 0. The Balaban J connectivity index is 2.08. The number of fused-ring (bicyclic) bond motifs is 1. The minimum atomic E-state index is -3.88. The van der Waals surface area contributed by atoms with Gasteiger partial charge in [0.25, 0.3) is 10.0 Å². The van der Waals surface area contributed by atoms with Crippen LogP contribution in [0.15, 0.2) is 53.4 Å². The number of carbonyl (C=O) groups is 1. The topological polar surface area (TPSA) is 54.5 Å². The van der Waals surface area contributed by atoms with Crippen LogP contribution in [-0.4, -0.2) is 19.7 Å². The van der Waals surface area contributed by atoms with Gasteiger partial charge in [-0.3, -0.25) is 9.10 Å². The molecule has 0 fully saturated rings. The van der Waals surface area contributed by atoms with E-state index in [1.165, 1.54) is 0 Å². The van der Waals surface area contributed by atoms with Crippen LogP contribution in [0, 0.1) is 0 Å². The van der Waals surface area contributed by atoms with Crippen molar-refractivity contribution < 1.29 is 13.2 Å². The largest absolute Gasteiger partial charge is 0.279 e. The number of hydrogen-bond acceptors (Lipinski definition) is 3. The maximum atomic E-state index is 13.2. The van der Waals surface area contributed by atoms with Gasteiger partial charge in [-0.15, -0.1) is 0 Å². The second-order valence-corrected chi connectivity index (χ2v) is 9.42. The first-order chi connectivity index (χ1) is 11.6. The van der Waals surface area contributed by atoms with Gasteiger partial charge in [0.2, 0.25) is 5.24 Å². The molecule has 6 heteroatoms. The third-order valence-corrected chi connectivity index (χ3v) is 6.55. The van der Waals surface area contributed by atoms with E-state index in [0.717, 1.165) is 15.4 Å². The SMILES string of the molecule is CC(C)(C)c1ccc(S(=O)(=O)N2c3ccccc3C[C@H]2C(=O)Cl)cc1. The highest BCUT2D eigenvalue weighted by atomic mass is 35.5. The summed E-state index contributed by atoms with van der Waals surface area (Å²) in [4.78, 5) is 12.0. The summed E-state index contributed by atoms with van der Waals surface area (Å²) >= 11 is 5.70. The van der Waals surface area contributed by atoms with E-state index in [-0.39, 0.29) is 16.7 Å². The maximum absolute atomic E-state index is 13.2. The second kappa shape index (κ2) is 6.15. The summed E-state index contributed by atoms with van der Waals surface area (Å²) in [6, 6.07) is 13.0. The molecule has 0 spiro atoms. The van der Waals surface area contributed by atoms with E-state index >= 15 is 0 Å². The zero-order valence-corrected chi connectivity index (χ0v) is 15.9. The monoisotopic (exact) mass is 377 g/mol. The Bertz CT molecular complexity index is 914. The fraction of sp³-hybridized carbons (Fsp3) is 0.316. The lowest BCUT2D eigenvalue weighted by Crippen LogP contribution is -2.41. The first kappa shape index (κ1) is 18.0. The molecular formula is C19H20ClNO3S. The molecule has 0 aromatic heterocycles. The van der Waals surface area contributed by atoms with Crippen molar-refractivity contribution in [2.24, 2.45) is 0 Å². The van der Waals surface area contributed by atoms with Gasteiger partial charge in [-0.1, -0.05) is 51.1 Å². The molecule has 0 bridgehead atoms. The molecule has 1 aliphatic rings. The third-order valence-electron chi connectivity index (χ3n) is 4.46.